The van der Waals surface area contributed by atoms with Gasteiger partial charge in [0.25, 0.3) is 5.92 Å². The van der Waals surface area contributed by atoms with Crippen molar-refractivity contribution in [2.45, 2.75) is 31.7 Å². The van der Waals surface area contributed by atoms with Crippen LogP contribution in [-0.4, -0.2) is 12.0 Å². The van der Waals surface area contributed by atoms with Gasteiger partial charge in [0.1, 0.15) is 0 Å². The predicted octanol–water partition coefficient (Wildman–Crippen LogP) is 1.38. The maximum atomic E-state index is 12.4. The number of hydrogen-bond acceptors (Lipinski definition) is 1. The minimum atomic E-state index is -2.46. The van der Waals surface area contributed by atoms with E-state index in [4.69, 9.17) is 5.73 Å². The predicted molar refractivity (Wildman–Crippen MR) is 31.3 cm³/mol. The summed E-state index contributed by atoms with van der Waals surface area (Å²) < 4.78 is 24.7. The van der Waals surface area contributed by atoms with E-state index in [1.807, 2.05) is 0 Å². The first-order valence-corrected chi connectivity index (χ1v) is 3.21. The molecule has 0 radical (unpaired) electrons. The van der Waals surface area contributed by atoms with Crippen LogP contribution in [0.3, 0.4) is 0 Å². The fraction of sp³-hybridized carbons (Fsp3) is 1.00. The Hall–Kier alpha value is -0.180. The van der Waals surface area contributed by atoms with E-state index in [-0.39, 0.29) is 12.5 Å². The van der Waals surface area contributed by atoms with E-state index in [0.29, 0.717) is 6.42 Å². The smallest absolute Gasteiger partial charge is 0.253 e. The summed E-state index contributed by atoms with van der Waals surface area (Å²) in [5.74, 6) is -3.02. The first-order chi connectivity index (χ1) is 4.08. The molecule has 1 fully saturated rings. The van der Waals surface area contributed by atoms with Crippen LogP contribution in [0.1, 0.15) is 19.8 Å². The van der Waals surface area contributed by atoms with Gasteiger partial charge in [-0.2, -0.15) is 0 Å². The molecular weight excluding hydrogens is 124 g/mol. The molecule has 54 valence electrons. The van der Waals surface area contributed by atoms with Crippen LogP contribution in [0, 0.1) is 5.92 Å². The molecule has 9 heavy (non-hydrogen) atoms. The molecule has 2 unspecified atom stereocenters. The molecule has 1 aliphatic carbocycles. The van der Waals surface area contributed by atoms with Gasteiger partial charge in [-0.05, 0) is 6.42 Å². The Bertz CT molecular complexity index is 114. The van der Waals surface area contributed by atoms with Crippen molar-refractivity contribution in [2.75, 3.05) is 0 Å². The van der Waals surface area contributed by atoms with Crippen LogP contribution in [-0.2, 0) is 0 Å². The van der Waals surface area contributed by atoms with E-state index in [9.17, 15) is 8.78 Å². The summed E-state index contributed by atoms with van der Waals surface area (Å²) in [5.41, 5.74) is 5.33. The van der Waals surface area contributed by atoms with Gasteiger partial charge >= 0.3 is 0 Å². The van der Waals surface area contributed by atoms with Gasteiger partial charge < -0.3 is 5.73 Å². The third-order valence-corrected chi connectivity index (χ3v) is 2.01. The lowest BCUT2D eigenvalue weighted by atomic mass is 9.74. The highest BCUT2D eigenvalue weighted by Crippen LogP contribution is 2.44. The number of halogens is 2. The van der Waals surface area contributed by atoms with Crippen molar-refractivity contribution in [1.82, 2.24) is 0 Å². The van der Waals surface area contributed by atoms with Crippen molar-refractivity contribution in [3.8, 4) is 0 Å². The third kappa shape index (κ3) is 0.936. The van der Waals surface area contributed by atoms with Crippen molar-refractivity contribution in [1.29, 1.82) is 0 Å². The molecular formula is C6H11F2N. The van der Waals surface area contributed by atoms with E-state index in [1.165, 1.54) is 0 Å². The first kappa shape index (κ1) is 6.93. The van der Waals surface area contributed by atoms with Crippen LogP contribution in [0.5, 0.6) is 0 Å². The van der Waals surface area contributed by atoms with Gasteiger partial charge in [-0.15, -0.1) is 0 Å². The summed E-state index contributed by atoms with van der Waals surface area (Å²) in [6.07, 6.45) is 0.375. The molecule has 1 saturated carbocycles. The minimum absolute atomic E-state index is 0.120. The molecule has 2 atom stereocenters. The Kier molecular flexibility index (Phi) is 1.47. The molecule has 0 bridgehead atoms. The molecule has 0 aromatic heterocycles. The maximum absolute atomic E-state index is 12.4. The molecule has 3 heteroatoms. The van der Waals surface area contributed by atoms with Crippen LogP contribution in [0.2, 0.25) is 0 Å². The van der Waals surface area contributed by atoms with Crippen molar-refractivity contribution in [2.24, 2.45) is 11.7 Å². The summed E-state index contributed by atoms with van der Waals surface area (Å²) in [6, 6.07) is -0.259. The molecule has 0 aromatic carbocycles. The Morgan fingerprint density at radius 2 is 2.22 bits per heavy atom. The van der Waals surface area contributed by atoms with Gasteiger partial charge in [0.2, 0.25) is 0 Å². The summed E-state index contributed by atoms with van der Waals surface area (Å²) >= 11 is 0. The molecule has 1 aliphatic rings. The Labute approximate surface area is 53.2 Å². The summed E-state index contributed by atoms with van der Waals surface area (Å²) in [5, 5.41) is 0. The summed E-state index contributed by atoms with van der Waals surface area (Å²) in [7, 11) is 0. The van der Waals surface area contributed by atoms with Crippen molar-refractivity contribution in [3.63, 3.8) is 0 Å². The van der Waals surface area contributed by atoms with Gasteiger partial charge in [-0.1, -0.05) is 6.92 Å². The lowest BCUT2D eigenvalue weighted by Crippen LogP contribution is -2.55. The van der Waals surface area contributed by atoms with Gasteiger partial charge in [0.15, 0.2) is 0 Å². The molecule has 0 aromatic rings. The fourth-order valence-corrected chi connectivity index (χ4v) is 1.36. The summed E-state index contributed by atoms with van der Waals surface area (Å²) in [4.78, 5) is 0. The molecule has 1 rings (SSSR count). The minimum Gasteiger partial charge on any atom is -0.327 e. The quantitative estimate of drug-likeness (QED) is 0.577. The van der Waals surface area contributed by atoms with E-state index in [1.54, 1.807) is 6.92 Å². The number of alkyl halides is 2. The van der Waals surface area contributed by atoms with E-state index in [0.717, 1.165) is 0 Å². The van der Waals surface area contributed by atoms with Crippen LogP contribution < -0.4 is 5.73 Å². The van der Waals surface area contributed by atoms with E-state index < -0.39 is 11.8 Å². The molecule has 0 heterocycles. The SMILES string of the molecule is CCC1C(N)CC1(F)F. The lowest BCUT2D eigenvalue weighted by Gasteiger charge is -2.41. The van der Waals surface area contributed by atoms with Crippen molar-refractivity contribution < 1.29 is 8.78 Å². The number of nitrogens with two attached hydrogens (primary N) is 1. The van der Waals surface area contributed by atoms with E-state index in [2.05, 4.69) is 0 Å². The second kappa shape index (κ2) is 1.90. The van der Waals surface area contributed by atoms with Gasteiger partial charge in [0, 0.05) is 18.4 Å². The number of rotatable bonds is 1. The zero-order valence-corrected chi connectivity index (χ0v) is 5.40. The molecule has 0 amide bonds. The molecule has 0 spiro atoms. The zero-order valence-electron chi connectivity index (χ0n) is 5.40. The highest BCUT2D eigenvalue weighted by atomic mass is 19.3. The van der Waals surface area contributed by atoms with Crippen LogP contribution >= 0.6 is 0 Å². The molecule has 0 aliphatic heterocycles. The highest BCUT2D eigenvalue weighted by molar-refractivity contribution is 4.97. The molecule has 0 saturated heterocycles. The normalized spacial score (nSPS) is 40.0. The van der Waals surface area contributed by atoms with Gasteiger partial charge in [-0.3, -0.25) is 0 Å². The average Bonchev–Trinajstić information content (AvgIpc) is 1.63. The largest absolute Gasteiger partial charge is 0.327 e. The van der Waals surface area contributed by atoms with Crippen LogP contribution in [0.15, 0.2) is 0 Å². The third-order valence-electron chi connectivity index (χ3n) is 2.01. The maximum Gasteiger partial charge on any atom is 0.253 e. The molecule has 2 N–H and O–H groups in total. The van der Waals surface area contributed by atoms with Crippen LogP contribution in [0.4, 0.5) is 8.78 Å². The number of hydrogen-bond donors (Lipinski definition) is 1. The standard InChI is InChI=1S/C6H11F2N/c1-2-4-5(9)3-6(4,7)8/h4-5H,2-3,9H2,1H3. The lowest BCUT2D eigenvalue weighted by molar-refractivity contribution is -0.146. The first-order valence-electron chi connectivity index (χ1n) is 3.21. The fourth-order valence-electron chi connectivity index (χ4n) is 1.36. The van der Waals surface area contributed by atoms with Crippen LogP contribution in [0.25, 0.3) is 0 Å². The van der Waals surface area contributed by atoms with E-state index >= 15 is 0 Å². The second-order valence-electron chi connectivity index (χ2n) is 2.64. The monoisotopic (exact) mass is 135 g/mol. The van der Waals surface area contributed by atoms with Crippen molar-refractivity contribution in [3.05, 3.63) is 0 Å². The Morgan fingerprint density at radius 1 is 1.67 bits per heavy atom. The second-order valence-corrected chi connectivity index (χ2v) is 2.64. The Morgan fingerprint density at radius 3 is 2.33 bits per heavy atom. The zero-order chi connectivity index (χ0) is 7.07. The topological polar surface area (TPSA) is 26.0 Å². The summed E-state index contributed by atoms with van der Waals surface area (Å²) in [6.45, 7) is 1.75. The molecule has 1 nitrogen and oxygen atoms in total. The Balaban J connectivity index is 2.48. The van der Waals surface area contributed by atoms with Gasteiger partial charge in [0.05, 0.1) is 0 Å². The van der Waals surface area contributed by atoms with Crippen molar-refractivity contribution >= 4 is 0 Å². The van der Waals surface area contributed by atoms with Gasteiger partial charge in [-0.25, -0.2) is 8.78 Å². The average molecular weight is 135 g/mol. The highest BCUT2D eigenvalue weighted by Gasteiger charge is 2.52.